The second kappa shape index (κ2) is 6.20. The van der Waals surface area contributed by atoms with Gasteiger partial charge in [-0.1, -0.05) is 30.3 Å². The van der Waals surface area contributed by atoms with E-state index in [0.29, 0.717) is 23.8 Å². The predicted molar refractivity (Wildman–Crippen MR) is 91.4 cm³/mol. The molecule has 2 aliphatic rings. The first-order chi connectivity index (χ1) is 12.2. The number of esters is 1. The van der Waals surface area contributed by atoms with Gasteiger partial charge < -0.3 is 9.47 Å². The minimum absolute atomic E-state index is 0.226. The van der Waals surface area contributed by atoms with Crippen molar-refractivity contribution in [2.45, 2.75) is 18.9 Å². The van der Waals surface area contributed by atoms with Crippen LogP contribution in [0.4, 0.5) is 10.1 Å². The summed E-state index contributed by atoms with van der Waals surface area (Å²) in [5.41, 5.74) is 1.79. The van der Waals surface area contributed by atoms with Gasteiger partial charge in [0.15, 0.2) is 5.71 Å². The highest BCUT2D eigenvalue weighted by atomic mass is 19.1. The first-order valence-electron chi connectivity index (χ1n) is 8.21. The Morgan fingerprint density at radius 1 is 1.32 bits per heavy atom. The van der Waals surface area contributed by atoms with Gasteiger partial charge >= 0.3 is 5.97 Å². The molecule has 0 bridgehead atoms. The monoisotopic (exact) mass is 340 g/mol. The summed E-state index contributed by atoms with van der Waals surface area (Å²) < 4.78 is 24.7. The molecule has 2 aromatic carbocycles. The lowest BCUT2D eigenvalue weighted by Crippen LogP contribution is -2.41. The van der Waals surface area contributed by atoms with Crippen LogP contribution in [0.2, 0.25) is 0 Å². The van der Waals surface area contributed by atoms with E-state index >= 15 is 0 Å². The molecule has 128 valence electrons. The number of fused-ring (bicyclic) bond motifs is 3. The van der Waals surface area contributed by atoms with Crippen molar-refractivity contribution in [2.24, 2.45) is 5.10 Å². The molecular weight excluding hydrogens is 323 g/mol. The zero-order valence-electron chi connectivity index (χ0n) is 13.7. The van der Waals surface area contributed by atoms with E-state index in [2.05, 4.69) is 5.10 Å². The maximum Gasteiger partial charge on any atom is 0.355 e. The highest BCUT2D eigenvalue weighted by Gasteiger charge is 2.45. The molecule has 0 aromatic heterocycles. The highest BCUT2D eigenvalue weighted by Crippen LogP contribution is 2.43. The van der Waals surface area contributed by atoms with Gasteiger partial charge in [-0.15, -0.1) is 0 Å². The van der Waals surface area contributed by atoms with E-state index in [-0.39, 0.29) is 24.4 Å². The predicted octanol–water partition coefficient (Wildman–Crippen LogP) is 3.11. The van der Waals surface area contributed by atoms with Crippen LogP contribution in [0.25, 0.3) is 0 Å². The van der Waals surface area contributed by atoms with Crippen molar-refractivity contribution >= 4 is 17.4 Å². The van der Waals surface area contributed by atoms with Crippen LogP contribution in [-0.4, -0.2) is 30.9 Å². The Morgan fingerprint density at radius 3 is 2.88 bits per heavy atom. The fraction of sp³-hybridized carbons (Fsp3) is 0.263. The van der Waals surface area contributed by atoms with Crippen molar-refractivity contribution < 1.29 is 18.7 Å². The molecule has 0 saturated heterocycles. The van der Waals surface area contributed by atoms with Gasteiger partial charge in [-0.2, -0.15) is 5.10 Å². The normalized spacial score (nSPS) is 21.0. The molecule has 0 radical (unpaired) electrons. The summed E-state index contributed by atoms with van der Waals surface area (Å²) in [4.78, 5) is 12.5. The fourth-order valence-corrected chi connectivity index (χ4v) is 3.36. The molecule has 0 amide bonds. The Balaban J connectivity index is 1.80. The Hall–Kier alpha value is -2.89. The lowest BCUT2D eigenvalue weighted by Gasteiger charge is -2.33. The summed E-state index contributed by atoms with van der Waals surface area (Å²) in [6.45, 7) is 2.38. The molecule has 2 atom stereocenters. The zero-order chi connectivity index (χ0) is 17.4. The summed E-state index contributed by atoms with van der Waals surface area (Å²) in [5, 5.41) is 6.18. The number of hydrogen-bond acceptors (Lipinski definition) is 5. The van der Waals surface area contributed by atoms with Crippen molar-refractivity contribution in [3.05, 3.63) is 59.9 Å². The van der Waals surface area contributed by atoms with Crippen molar-refractivity contribution in [2.75, 3.05) is 18.2 Å². The van der Waals surface area contributed by atoms with Gasteiger partial charge in [0.25, 0.3) is 0 Å². The van der Waals surface area contributed by atoms with Gasteiger partial charge in [0.2, 0.25) is 0 Å². The van der Waals surface area contributed by atoms with E-state index < -0.39 is 5.97 Å². The molecule has 0 fully saturated rings. The molecule has 5 nitrogen and oxygen atoms in total. The summed E-state index contributed by atoms with van der Waals surface area (Å²) in [5.74, 6) is -0.572. The van der Waals surface area contributed by atoms with Gasteiger partial charge in [-0.25, -0.2) is 9.18 Å². The van der Waals surface area contributed by atoms with Crippen molar-refractivity contribution in [1.82, 2.24) is 0 Å². The summed E-state index contributed by atoms with van der Waals surface area (Å²) in [6, 6.07) is 13.7. The Bertz CT molecular complexity index is 838. The number of hydrogen-bond donors (Lipinski definition) is 0. The van der Waals surface area contributed by atoms with Crippen LogP contribution in [-0.2, 0) is 9.53 Å². The maximum atomic E-state index is 13.7. The molecule has 0 N–H and O–H groups in total. The summed E-state index contributed by atoms with van der Waals surface area (Å²) >= 11 is 0. The minimum atomic E-state index is -0.455. The lowest BCUT2D eigenvalue weighted by molar-refractivity contribution is -0.135. The standard InChI is InChI=1S/C19H17FN2O3/c1-2-24-19(23)18-17(12-6-4-3-5-7-12)15-11-25-16-9-8-13(20)10-14(16)22(15)21-18/h3-10,15,17H,2,11H2,1H3/t15-,17+/m1/s1. The van der Waals surface area contributed by atoms with E-state index in [0.717, 1.165) is 5.56 Å². The third-order valence-electron chi connectivity index (χ3n) is 4.43. The smallest absolute Gasteiger partial charge is 0.355 e. The second-order valence-electron chi connectivity index (χ2n) is 5.93. The average Bonchev–Trinajstić information content (AvgIpc) is 3.03. The summed E-state index contributed by atoms with van der Waals surface area (Å²) in [7, 11) is 0. The van der Waals surface area contributed by atoms with Gasteiger partial charge in [-0.05, 0) is 24.6 Å². The minimum Gasteiger partial charge on any atom is -0.489 e. The van der Waals surface area contributed by atoms with E-state index in [1.807, 2.05) is 30.3 Å². The molecule has 0 saturated carbocycles. The first-order valence-corrected chi connectivity index (χ1v) is 8.21. The first kappa shape index (κ1) is 15.6. The van der Waals surface area contributed by atoms with Gasteiger partial charge in [-0.3, -0.25) is 5.01 Å². The molecule has 6 heteroatoms. The fourth-order valence-electron chi connectivity index (χ4n) is 3.36. The van der Waals surface area contributed by atoms with E-state index in [1.54, 1.807) is 18.0 Å². The number of halogens is 1. The third-order valence-corrected chi connectivity index (χ3v) is 4.43. The molecular formula is C19H17FN2O3. The molecule has 0 spiro atoms. The Labute approximate surface area is 144 Å². The van der Waals surface area contributed by atoms with Crippen molar-refractivity contribution in [3.8, 4) is 5.75 Å². The van der Waals surface area contributed by atoms with Crippen molar-refractivity contribution in [1.29, 1.82) is 0 Å². The van der Waals surface area contributed by atoms with Crippen LogP contribution in [0.3, 0.4) is 0 Å². The van der Waals surface area contributed by atoms with E-state index in [1.165, 1.54) is 12.1 Å². The molecule has 2 aliphatic heterocycles. The Kier molecular flexibility index (Phi) is 3.87. The van der Waals surface area contributed by atoms with Crippen LogP contribution < -0.4 is 9.75 Å². The van der Waals surface area contributed by atoms with Crippen LogP contribution >= 0.6 is 0 Å². The Morgan fingerprint density at radius 2 is 2.12 bits per heavy atom. The molecule has 25 heavy (non-hydrogen) atoms. The zero-order valence-corrected chi connectivity index (χ0v) is 13.7. The summed E-state index contributed by atoms with van der Waals surface area (Å²) in [6.07, 6.45) is 0. The van der Waals surface area contributed by atoms with Crippen molar-refractivity contribution in [3.63, 3.8) is 0 Å². The number of rotatable bonds is 3. The largest absolute Gasteiger partial charge is 0.489 e. The van der Waals surface area contributed by atoms with E-state index in [9.17, 15) is 9.18 Å². The van der Waals surface area contributed by atoms with E-state index in [4.69, 9.17) is 9.47 Å². The van der Waals surface area contributed by atoms with Crippen LogP contribution in [0.15, 0.2) is 53.6 Å². The number of anilines is 1. The SMILES string of the molecule is CCOC(=O)C1=NN2c3cc(F)ccc3OC[C@@H]2[C@@H]1c1ccccc1. The highest BCUT2D eigenvalue weighted by molar-refractivity contribution is 6.39. The van der Waals surface area contributed by atoms with Crippen LogP contribution in [0.1, 0.15) is 18.4 Å². The quantitative estimate of drug-likeness (QED) is 0.806. The second-order valence-corrected chi connectivity index (χ2v) is 5.93. The van der Waals surface area contributed by atoms with Crippen LogP contribution in [0.5, 0.6) is 5.75 Å². The van der Waals surface area contributed by atoms with Gasteiger partial charge in [0, 0.05) is 6.07 Å². The molecule has 4 rings (SSSR count). The molecule has 2 heterocycles. The third kappa shape index (κ3) is 2.63. The maximum absolute atomic E-state index is 13.7. The van der Waals surface area contributed by atoms with Gasteiger partial charge in [0.1, 0.15) is 23.9 Å². The number of ether oxygens (including phenoxy) is 2. The lowest BCUT2D eigenvalue weighted by atomic mass is 9.87. The molecule has 0 unspecified atom stereocenters. The van der Waals surface area contributed by atoms with Gasteiger partial charge in [0.05, 0.1) is 18.6 Å². The number of nitrogens with zero attached hydrogens (tertiary/aromatic N) is 2. The number of carbonyl (C=O) groups is 1. The number of carbonyl (C=O) groups excluding carboxylic acids is 1. The average molecular weight is 340 g/mol. The molecule has 2 aromatic rings. The topological polar surface area (TPSA) is 51.1 Å². The molecule has 0 aliphatic carbocycles. The number of benzene rings is 2. The van der Waals surface area contributed by atoms with Crippen LogP contribution in [0, 0.1) is 5.82 Å². The number of hydrazone groups is 1.